The summed E-state index contributed by atoms with van der Waals surface area (Å²) in [6, 6.07) is 7.83. The van der Waals surface area contributed by atoms with Gasteiger partial charge in [-0.3, -0.25) is 0 Å². The van der Waals surface area contributed by atoms with Gasteiger partial charge >= 0.3 is 0 Å². The summed E-state index contributed by atoms with van der Waals surface area (Å²) in [6.07, 6.45) is 3.04. The molecule has 2 unspecified atom stereocenters. The van der Waals surface area contributed by atoms with Gasteiger partial charge in [-0.05, 0) is 36.3 Å². The molecule has 1 aromatic rings. The van der Waals surface area contributed by atoms with E-state index in [-0.39, 0.29) is 12.2 Å². The van der Waals surface area contributed by atoms with Crippen LogP contribution < -0.4 is 0 Å². The van der Waals surface area contributed by atoms with Crippen LogP contribution in [0.15, 0.2) is 24.3 Å². The fourth-order valence-corrected chi connectivity index (χ4v) is 3.42. The van der Waals surface area contributed by atoms with Crippen LogP contribution in [0.3, 0.4) is 0 Å². The van der Waals surface area contributed by atoms with Crippen molar-refractivity contribution < 1.29 is 13.5 Å². The van der Waals surface area contributed by atoms with Gasteiger partial charge < -0.3 is 5.11 Å². The molecule has 0 aromatic heterocycles. The topological polar surface area (TPSA) is 54.4 Å². The minimum absolute atomic E-state index is 0.0339. The molecule has 0 bridgehead atoms. The Kier molecular flexibility index (Phi) is 3.52. The van der Waals surface area contributed by atoms with E-state index in [9.17, 15) is 13.5 Å². The summed E-state index contributed by atoms with van der Waals surface area (Å²) in [7, 11) is -3.04. The van der Waals surface area contributed by atoms with E-state index in [0.29, 0.717) is 12.3 Å². The highest BCUT2D eigenvalue weighted by Gasteiger charge is 2.36. The molecule has 2 rings (SSSR count). The van der Waals surface area contributed by atoms with Gasteiger partial charge in [-0.15, -0.1) is 0 Å². The molecule has 0 heterocycles. The molecule has 4 heteroatoms. The smallest absolute Gasteiger partial charge is 0.147 e. The molecule has 1 aliphatic carbocycles. The molecule has 1 aromatic carbocycles. The van der Waals surface area contributed by atoms with Crippen LogP contribution in [0.25, 0.3) is 0 Å². The van der Waals surface area contributed by atoms with Crippen molar-refractivity contribution >= 4 is 9.84 Å². The van der Waals surface area contributed by atoms with E-state index in [0.717, 1.165) is 17.5 Å². The van der Waals surface area contributed by atoms with Crippen molar-refractivity contribution in [3.05, 3.63) is 35.4 Å². The highest BCUT2D eigenvalue weighted by molar-refractivity contribution is 7.90. The first-order valence-corrected chi connectivity index (χ1v) is 8.37. The minimum Gasteiger partial charge on any atom is -0.385 e. The first-order valence-electron chi connectivity index (χ1n) is 6.31. The van der Waals surface area contributed by atoms with Crippen molar-refractivity contribution in [2.45, 2.75) is 37.7 Å². The second kappa shape index (κ2) is 4.67. The number of aliphatic hydroxyl groups is 1. The molecule has 0 saturated heterocycles. The van der Waals surface area contributed by atoms with Crippen LogP contribution >= 0.6 is 0 Å². The summed E-state index contributed by atoms with van der Waals surface area (Å²) < 4.78 is 22.6. The number of rotatable bonds is 3. The number of benzene rings is 1. The number of hydrogen-bond donors (Lipinski definition) is 1. The Morgan fingerprint density at radius 1 is 1.39 bits per heavy atom. The monoisotopic (exact) mass is 268 g/mol. The Labute approximate surface area is 109 Å². The molecule has 0 spiro atoms. The van der Waals surface area contributed by atoms with E-state index in [2.05, 4.69) is 6.92 Å². The van der Waals surface area contributed by atoms with Gasteiger partial charge in [0.05, 0.1) is 11.4 Å². The number of fused-ring (bicyclic) bond motifs is 1. The molecule has 18 heavy (non-hydrogen) atoms. The van der Waals surface area contributed by atoms with Gasteiger partial charge in [0.15, 0.2) is 0 Å². The second-order valence-corrected chi connectivity index (χ2v) is 7.70. The predicted octanol–water partition coefficient (Wildman–Crippen LogP) is 2.21. The first kappa shape index (κ1) is 13.6. The van der Waals surface area contributed by atoms with Crippen LogP contribution in [0.2, 0.25) is 0 Å². The van der Waals surface area contributed by atoms with E-state index in [1.54, 1.807) is 0 Å². The summed E-state index contributed by atoms with van der Waals surface area (Å²) in [6.45, 7) is 2.15. The lowest BCUT2D eigenvalue weighted by atomic mass is 9.73. The second-order valence-electron chi connectivity index (χ2n) is 5.44. The molecular formula is C14H20O3S. The highest BCUT2D eigenvalue weighted by Crippen LogP contribution is 2.43. The van der Waals surface area contributed by atoms with Gasteiger partial charge in [0.2, 0.25) is 0 Å². The summed E-state index contributed by atoms with van der Waals surface area (Å²) >= 11 is 0. The molecule has 1 N–H and O–H groups in total. The molecule has 0 radical (unpaired) electrons. The first-order chi connectivity index (χ1) is 8.32. The van der Waals surface area contributed by atoms with Crippen LogP contribution in [0.5, 0.6) is 0 Å². The standard InChI is InChI=1S/C14H20O3S/c1-11-7-8-14(15,9-10-18(2,16)17)13-6-4-3-5-12(11)13/h3-6,11,15H,7-10H2,1-2H3. The normalized spacial score (nSPS) is 27.8. The lowest BCUT2D eigenvalue weighted by Crippen LogP contribution is -2.33. The third-order valence-electron chi connectivity index (χ3n) is 3.87. The largest absolute Gasteiger partial charge is 0.385 e. The quantitative estimate of drug-likeness (QED) is 0.914. The van der Waals surface area contributed by atoms with Crippen LogP contribution in [0.1, 0.15) is 43.2 Å². The lowest BCUT2D eigenvalue weighted by Gasteiger charge is -2.37. The summed E-state index contributed by atoms with van der Waals surface area (Å²) in [5.41, 5.74) is 1.08. The molecule has 3 nitrogen and oxygen atoms in total. The number of sulfone groups is 1. The molecule has 0 amide bonds. The zero-order chi connectivity index (χ0) is 13.4. The van der Waals surface area contributed by atoms with E-state index in [1.165, 1.54) is 6.26 Å². The molecule has 2 atom stereocenters. The van der Waals surface area contributed by atoms with Crippen LogP contribution in [-0.2, 0) is 15.4 Å². The van der Waals surface area contributed by atoms with Gasteiger partial charge in [0.25, 0.3) is 0 Å². The van der Waals surface area contributed by atoms with Crippen molar-refractivity contribution in [1.82, 2.24) is 0 Å². The zero-order valence-electron chi connectivity index (χ0n) is 10.9. The fourth-order valence-electron chi connectivity index (χ4n) is 2.71. The van der Waals surface area contributed by atoms with Gasteiger partial charge in [0, 0.05) is 6.26 Å². The van der Waals surface area contributed by atoms with Gasteiger partial charge in [-0.1, -0.05) is 31.2 Å². The highest BCUT2D eigenvalue weighted by atomic mass is 32.2. The zero-order valence-corrected chi connectivity index (χ0v) is 11.7. The number of hydrogen-bond acceptors (Lipinski definition) is 3. The van der Waals surface area contributed by atoms with Crippen molar-refractivity contribution in [1.29, 1.82) is 0 Å². The van der Waals surface area contributed by atoms with Crippen molar-refractivity contribution in [2.75, 3.05) is 12.0 Å². The van der Waals surface area contributed by atoms with Gasteiger partial charge in [-0.25, -0.2) is 8.42 Å². The third kappa shape index (κ3) is 2.75. The Balaban J connectivity index is 2.32. The van der Waals surface area contributed by atoms with E-state index in [4.69, 9.17) is 0 Å². The van der Waals surface area contributed by atoms with Crippen LogP contribution in [0.4, 0.5) is 0 Å². The SMILES string of the molecule is CC1CCC(O)(CCS(C)(=O)=O)c2ccccc21. The van der Waals surface area contributed by atoms with Gasteiger partial charge in [0.1, 0.15) is 9.84 Å². The Morgan fingerprint density at radius 3 is 2.72 bits per heavy atom. The predicted molar refractivity (Wildman–Crippen MR) is 72.3 cm³/mol. The Morgan fingerprint density at radius 2 is 2.06 bits per heavy atom. The van der Waals surface area contributed by atoms with E-state index >= 15 is 0 Å². The summed E-state index contributed by atoms with van der Waals surface area (Å²) in [4.78, 5) is 0. The molecule has 0 aliphatic heterocycles. The molecule has 0 saturated carbocycles. The van der Waals surface area contributed by atoms with E-state index < -0.39 is 15.4 Å². The molecule has 100 valence electrons. The summed E-state index contributed by atoms with van der Waals surface area (Å²) in [5, 5.41) is 10.7. The van der Waals surface area contributed by atoms with Crippen molar-refractivity contribution in [3.63, 3.8) is 0 Å². The van der Waals surface area contributed by atoms with Crippen molar-refractivity contribution in [2.24, 2.45) is 0 Å². The minimum atomic E-state index is -3.04. The maximum atomic E-state index is 11.3. The summed E-state index contributed by atoms with van der Waals surface area (Å²) in [5.74, 6) is 0.464. The van der Waals surface area contributed by atoms with E-state index in [1.807, 2.05) is 24.3 Å². The van der Waals surface area contributed by atoms with Crippen LogP contribution in [-0.4, -0.2) is 25.5 Å². The van der Waals surface area contributed by atoms with Gasteiger partial charge in [-0.2, -0.15) is 0 Å². The maximum Gasteiger partial charge on any atom is 0.147 e. The Hall–Kier alpha value is -0.870. The average Bonchev–Trinajstić information content (AvgIpc) is 2.32. The Bertz CT molecular complexity index is 536. The molecule has 1 aliphatic rings. The molecule has 0 fully saturated rings. The fraction of sp³-hybridized carbons (Fsp3) is 0.571. The average molecular weight is 268 g/mol. The lowest BCUT2D eigenvalue weighted by molar-refractivity contribution is 0.0126. The maximum absolute atomic E-state index is 11.3. The molecular weight excluding hydrogens is 248 g/mol. The van der Waals surface area contributed by atoms with Crippen LogP contribution in [0, 0.1) is 0 Å². The van der Waals surface area contributed by atoms with Crippen molar-refractivity contribution in [3.8, 4) is 0 Å². The third-order valence-corrected chi connectivity index (χ3v) is 4.82.